The summed E-state index contributed by atoms with van der Waals surface area (Å²) in [4.78, 5) is 36.0. The number of aromatic amines is 1. The predicted molar refractivity (Wildman–Crippen MR) is 219 cm³/mol. The number of carbonyl (C=O) groups is 1. The number of nitrogens with zero attached hydrogens (tertiary/aromatic N) is 4. The normalized spacial score (nSPS) is 19.4. The molecule has 3 heterocycles. The molecule has 0 unspecified atom stereocenters. The highest BCUT2D eigenvalue weighted by molar-refractivity contribution is 7.94. The molecule has 2 aromatic carbocycles. The van der Waals surface area contributed by atoms with E-state index < -0.39 is 37.2 Å². The number of sulfonamides is 1. The zero-order valence-electron chi connectivity index (χ0n) is 31.0. The van der Waals surface area contributed by atoms with Gasteiger partial charge in [-0.05, 0) is 91.1 Å². The lowest BCUT2D eigenvalue weighted by molar-refractivity contribution is -0.420. The summed E-state index contributed by atoms with van der Waals surface area (Å²) < 4.78 is 35.1. The first-order valence-corrected chi connectivity index (χ1v) is 20.6. The maximum atomic E-state index is 13.7. The van der Waals surface area contributed by atoms with Crippen molar-refractivity contribution >= 4 is 55.5 Å². The predicted octanol–water partition coefficient (Wildman–Crippen LogP) is 6.92. The quantitative estimate of drug-likeness (QED) is 0.0963. The number of hydrogen-bond donors (Lipinski definition) is 4. The molecule has 2 aromatic heterocycles. The maximum Gasteiger partial charge on any atom is 0.281 e. The van der Waals surface area contributed by atoms with E-state index in [1.165, 1.54) is 54.7 Å². The summed E-state index contributed by atoms with van der Waals surface area (Å²) in [6.45, 7) is 3.97. The molecule has 0 atom stereocenters. The first kappa shape index (κ1) is 38.1. The summed E-state index contributed by atoms with van der Waals surface area (Å²) in [6.07, 6.45) is 13.1. The minimum Gasteiger partial charge on any atom is -0.455 e. The summed E-state index contributed by atoms with van der Waals surface area (Å²) in [7, 11) is -4.68. The second kappa shape index (κ2) is 15.3. The second-order valence-corrected chi connectivity index (χ2v) is 17.1. The van der Waals surface area contributed by atoms with E-state index in [0.717, 1.165) is 66.9 Å². The van der Waals surface area contributed by atoms with Crippen LogP contribution in [0, 0.1) is 20.9 Å². The van der Waals surface area contributed by atoms with E-state index in [1.54, 1.807) is 24.4 Å². The Kier molecular flexibility index (Phi) is 10.2. The Morgan fingerprint density at radius 1 is 1.09 bits per heavy atom. The van der Waals surface area contributed by atoms with Crippen LogP contribution in [0.25, 0.3) is 16.6 Å². The lowest BCUT2D eigenvalue weighted by Gasteiger charge is -2.47. The Balaban J connectivity index is 1.03. The fourth-order valence-corrected chi connectivity index (χ4v) is 9.37. The van der Waals surface area contributed by atoms with Crippen LogP contribution in [0.2, 0.25) is 5.02 Å². The molecule has 1 saturated heterocycles. The van der Waals surface area contributed by atoms with E-state index in [2.05, 4.69) is 31.9 Å². The van der Waals surface area contributed by atoms with Crippen molar-refractivity contribution in [2.75, 3.05) is 37.6 Å². The zero-order valence-corrected chi connectivity index (χ0v) is 32.5. The summed E-state index contributed by atoms with van der Waals surface area (Å²) in [5, 5.41) is 21.3. The minimum absolute atomic E-state index is 0.0875. The van der Waals surface area contributed by atoms with Gasteiger partial charge in [0.2, 0.25) is 0 Å². The average Bonchev–Trinajstić information content (AvgIpc) is 3.66. The highest BCUT2D eigenvalue weighted by atomic mass is 35.5. The molecule has 2 fully saturated rings. The third-order valence-electron chi connectivity index (χ3n) is 11.5. The molecular weight excluding hydrogens is 768 g/mol. The number of allylic oxidation sites excluding steroid dienone is 4. The number of fused-ring (bicyclic) bond motifs is 1. The molecule has 294 valence electrons. The Morgan fingerprint density at radius 2 is 1.86 bits per heavy atom. The number of piperazine rings is 1. The third-order valence-corrected chi connectivity index (χ3v) is 13.1. The lowest BCUT2D eigenvalue weighted by Crippen LogP contribution is -2.47. The highest BCUT2D eigenvalue weighted by Gasteiger charge is 2.41. The molecule has 1 amide bonds. The topological polar surface area (TPSA) is 201 Å². The van der Waals surface area contributed by atoms with E-state index in [1.807, 2.05) is 22.9 Å². The van der Waals surface area contributed by atoms with Gasteiger partial charge in [0.05, 0.1) is 32.9 Å². The van der Waals surface area contributed by atoms with Crippen LogP contribution in [-0.4, -0.2) is 72.6 Å². The summed E-state index contributed by atoms with van der Waals surface area (Å²) >= 11 is 6.25. The van der Waals surface area contributed by atoms with E-state index >= 15 is 0 Å². The number of carbonyl (C=O) groups excluding carboxylic acids is 1. The first-order chi connectivity index (χ1) is 27.4. The van der Waals surface area contributed by atoms with Crippen LogP contribution in [0.1, 0.15) is 54.4 Å². The number of nitrogens with two attached hydrogens (primary N) is 1. The Bertz CT molecular complexity index is 2530. The van der Waals surface area contributed by atoms with Crippen LogP contribution < -0.4 is 20.1 Å². The van der Waals surface area contributed by atoms with E-state index in [9.17, 15) is 23.3 Å². The monoisotopic (exact) mass is 808 g/mol. The second-order valence-electron chi connectivity index (χ2n) is 15.0. The SMILES string of the molecule is N=C1C=C(S(=O)(=O)NC(=O)c2ccc(N3CCN(CC4=C(c5ccc(Cl)cc5)CC5(CCC5)CC4)CC3)cc2Oc2cnc3[nH]ccc3c2)C=C([N+](=O)[O-])/C1=C/N. The van der Waals surface area contributed by atoms with Crippen molar-refractivity contribution in [2.24, 2.45) is 11.1 Å². The Hall–Kier alpha value is -5.77. The van der Waals surface area contributed by atoms with E-state index in [0.29, 0.717) is 29.9 Å². The third kappa shape index (κ3) is 7.82. The molecule has 1 aliphatic heterocycles. The van der Waals surface area contributed by atoms with Crippen LogP contribution in [0.4, 0.5) is 5.69 Å². The molecule has 1 saturated carbocycles. The van der Waals surface area contributed by atoms with Gasteiger partial charge >= 0.3 is 0 Å². The number of hydrogen-bond acceptors (Lipinski definition) is 11. The Morgan fingerprint density at radius 3 is 2.56 bits per heavy atom. The minimum atomic E-state index is -4.68. The van der Waals surface area contributed by atoms with Crippen LogP contribution >= 0.6 is 11.6 Å². The lowest BCUT2D eigenvalue weighted by atomic mass is 9.59. The van der Waals surface area contributed by atoms with Crippen LogP contribution in [0.15, 0.2) is 107 Å². The van der Waals surface area contributed by atoms with Crippen molar-refractivity contribution in [3.63, 3.8) is 0 Å². The van der Waals surface area contributed by atoms with Gasteiger partial charge in [-0.1, -0.05) is 35.7 Å². The van der Waals surface area contributed by atoms with Gasteiger partial charge in [0.25, 0.3) is 21.6 Å². The molecule has 14 nitrogen and oxygen atoms in total. The number of halogens is 1. The number of nitrogens with one attached hydrogen (secondary N) is 3. The van der Waals surface area contributed by atoms with Gasteiger partial charge in [-0.3, -0.25) is 25.2 Å². The molecule has 8 rings (SSSR count). The number of H-pyrrole nitrogens is 1. The fraction of sp³-hybridized carbons (Fsp3) is 0.293. The molecular formula is C41H41ClN8O6S. The van der Waals surface area contributed by atoms with Gasteiger partial charge in [0.15, 0.2) is 0 Å². The highest BCUT2D eigenvalue weighted by Crippen LogP contribution is 2.55. The number of benzene rings is 2. The van der Waals surface area contributed by atoms with Crippen molar-refractivity contribution in [1.29, 1.82) is 5.41 Å². The van der Waals surface area contributed by atoms with Crippen molar-refractivity contribution < 1.29 is 22.9 Å². The van der Waals surface area contributed by atoms with Crippen LogP contribution in [-0.2, 0) is 10.0 Å². The number of aromatic nitrogens is 2. The van der Waals surface area contributed by atoms with Gasteiger partial charge in [0, 0.05) is 73.4 Å². The molecule has 0 bridgehead atoms. The van der Waals surface area contributed by atoms with Gasteiger partial charge in [-0.2, -0.15) is 0 Å². The number of nitro groups is 1. The number of amides is 1. The molecule has 4 aliphatic rings. The molecule has 3 aliphatic carbocycles. The smallest absolute Gasteiger partial charge is 0.281 e. The van der Waals surface area contributed by atoms with Crippen molar-refractivity contribution in [2.45, 2.75) is 38.5 Å². The zero-order chi connectivity index (χ0) is 39.9. The Labute approximate surface area is 334 Å². The fourth-order valence-electron chi connectivity index (χ4n) is 8.24. The van der Waals surface area contributed by atoms with Crippen molar-refractivity contribution in [1.82, 2.24) is 19.6 Å². The van der Waals surface area contributed by atoms with Crippen LogP contribution in [0.3, 0.4) is 0 Å². The molecule has 16 heteroatoms. The standard InChI is InChI=1S/C41H41ClN8O6S/c42-29-4-2-26(3-5-29)34-22-41(10-1-11-41)12-8-28(34)25-48-14-16-49(17-15-48)30-6-7-33(38(19-30)56-31-18-27-9-13-45-39(27)46-24-31)40(51)47-57(54,55)32-20-36(44)35(23-43)37(21-32)50(52)53/h2-7,9,13,18-21,23-24,44H,1,8,10-12,14-17,22,25,43H2,(H,45,46)(H,47,51)/b35-23+,44-36?. The average molecular weight is 809 g/mol. The number of ether oxygens (including phenoxy) is 1. The van der Waals surface area contributed by atoms with Gasteiger partial charge in [0.1, 0.15) is 17.1 Å². The molecule has 1 spiro atoms. The molecule has 0 radical (unpaired) electrons. The summed E-state index contributed by atoms with van der Waals surface area (Å²) in [5.41, 5.74) is 10.1. The molecule has 57 heavy (non-hydrogen) atoms. The number of rotatable bonds is 10. The van der Waals surface area contributed by atoms with Gasteiger partial charge in [-0.25, -0.2) is 18.1 Å². The van der Waals surface area contributed by atoms with E-state index in [4.69, 9.17) is 27.5 Å². The first-order valence-electron chi connectivity index (χ1n) is 18.8. The summed E-state index contributed by atoms with van der Waals surface area (Å²) in [6, 6.07) is 16.8. The maximum absolute atomic E-state index is 13.7. The van der Waals surface area contributed by atoms with Gasteiger partial charge in [-0.15, -0.1) is 0 Å². The van der Waals surface area contributed by atoms with Crippen molar-refractivity contribution in [3.8, 4) is 11.5 Å². The van der Waals surface area contributed by atoms with E-state index in [-0.39, 0.29) is 16.9 Å². The number of anilines is 1. The summed E-state index contributed by atoms with van der Waals surface area (Å²) in [5.74, 6) is -0.615. The molecule has 5 N–H and O–H groups in total. The van der Waals surface area contributed by atoms with Gasteiger partial charge < -0.3 is 20.4 Å². The molecule has 4 aromatic rings. The largest absolute Gasteiger partial charge is 0.455 e. The van der Waals surface area contributed by atoms with Crippen molar-refractivity contribution in [3.05, 3.63) is 133 Å². The van der Waals surface area contributed by atoms with Crippen LogP contribution in [0.5, 0.6) is 11.5 Å². The number of pyridine rings is 1.